The fraction of sp³-hybridized carbons (Fsp3) is 0. The highest BCUT2D eigenvalue weighted by atomic mass is 35.5. The molecule has 0 spiro atoms. The van der Waals surface area contributed by atoms with Gasteiger partial charge in [-0.15, -0.1) is 0 Å². The number of hydrogen-bond acceptors (Lipinski definition) is 3. The van der Waals surface area contributed by atoms with Crippen molar-refractivity contribution < 1.29 is 0 Å². The highest BCUT2D eigenvalue weighted by Gasteiger charge is 1.97. The molecule has 2 aromatic heterocycles. The van der Waals surface area contributed by atoms with Crippen LogP contribution >= 0.6 is 23.1 Å². The van der Waals surface area contributed by atoms with Crippen LogP contribution in [0.4, 0.5) is 5.69 Å². The second-order valence-corrected chi connectivity index (χ2v) is 4.65. The van der Waals surface area contributed by atoms with Gasteiger partial charge in [-0.05, 0) is 36.4 Å². The minimum absolute atomic E-state index is 0.714. The average Bonchev–Trinajstić information content (AvgIpc) is 2.76. The van der Waals surface area contributed by atoms with Crippen LogP contribution in [0.15, 0.2) is 53.7 Å². The Morgan fingerprint density at radius 1 is 1.12 bits per heavy atom. The maximum Gasteiger partial charge on any atom is 0.213 e. The van der Waals surface area contributed by atoms with Gasteiger partial charge < -0.3 is 0 Å². The van der Waals surface area contributed by atoms with E-state index in [1.54, 1.807) is 0 Å². The van der Waals surface area contributed by atoms with Crippen LogP contribution in [-0.4, -0.2) is 8.77 Å². The van der Waals surface area contributed by atoms with Crippen molar-refractivity contribution in [2.24, 2.45) is 4.99 Å². The standard InChI is InChI=1S/C12H8ClN3S/c13-9-4-6-10(7-5-9)14-12-16-8-2-1-3-11(16)15-17-12/h1-8H/b14-12-. The first-order valence-corrected chi connectivity index (χ1v) is 6.21. The maximum absolute atomic E-state index is 5.83. The molecule has 0 amide bonds. The predicted octanol–water partition coefficient (Wildman–Crippen LogP) is 3.28. The second-order valence-electron chi connectivity index (χ2n) is 3.48. The first kappa shape index (κ1) is 10.5. The molecule has 0 bridgehead atoms. The van der Waals surface area contributed by atoms with Crippen molar-refractivity contribution in [3.05, 3.63) is 58.5 Å². The van der Waals surface area contributed by atoms with Crippen LogP contribution in [0.2, 0.25) is 5.02 Å². The van der Waals surface area contributed by atoms with Gasteiger partial charge in [-0.2, -0.15) is 4.37 Å². The van der Waals surface area contributed by atoms with Gasteiger partial charge in [0.1, 0.15) is 0 Å². The van der Waals surface area contributed by atoms with Crippen LogP contribution in [0, 0.1) is 0 Å². The molecule has 0 fully saturated rings. The van der Waals surface area contributed by atoms with Crippen molar-refractivity contribution in [2.45, 2.75) is 0 Å². The predicted molar refractivity (Wildman–Crippen MR) is 69.7 cm³/mol. The monoisotopic (exact) mass is 261 g/mol. The minimum Gasteiger partial charge on any atom is -0.275 e. The van der Waals surface area contributed by atoms with E-state index in [2.05, 4.69) is 9.37 Å². The van der Waals surface area contributed by atoms with Gasteiger partial charge in [-0.1, -0.05) is 17.7 Å². The van der Waals surface area contributed by atoms with Gasteiger partial charge in [0.15, 0.2) is 5.65 Å². The van der Waals surface area contributed by atoms with Crippen molar-refractivity contribution in [3.8, 4) is 0 Å². The topological polar surface area (TPSA) is 29.7 Å². The smallest absolute Gasteiger partial charge is 0.213 e. The average molecular weight is 262 g/mol. The molecule has 84 valence electrons. The summed E-state index contributed by atoms with van der Waals surface area (Å²) in [4.78, 5) is 5.38. The lowest BCUT2D eigenvalue weighted by Gasteiger charge is -1.93. The lowest BCUT2D eigenvalue weighted by molar-refractivity contribution is 1.09. The first-order valence-electron chi connectivity index (χ1n) is 5.06. The third kappa shape index (κ3) is 2.09. The molecule has 0 unspecified atom stereocenters. The molecular formula is C12H8ClN3S. The third-order valence-electron chi connectivity index (χ3n) is 2.32. The van der Waals surface area contributed by atoms with Gasteiger partial charge in [-0.3, -0.25) is 4.40 Å². The molecule has 17 heavy (non-hydrogen) atoms. The van der Waals surface area contributed by atoms with E-state index in [1.807, 2.05) is 53.1 Å². The van der Waals surface area contributed by atoms with Crippen molar-refractivity contribution in [3.63, 3.8) is 0 Å². The summed E-state index contributed by atoms with van der Waals surface area (Å²) in [5, 5.41) is 0.714. The molecule has 0 aliphatic carbocycles. The lowest BCUT2D eigenvalue weighted by atomic mass is 10.3. The highest BCUT2D eigenvalue weighted by Crippen LogP contribution is 2.15. The van der Waals surface area contributed by atoms with Crippen LogP contribution in [0.5, 0.6) is 0 Å². The van der Waals surface area contributed by atoms with E-state index in [0.29, 0.717) is 5.02 Å². The number of benzene rings is 1. The van der Waals surface area contributed by atoms with E-state index in [4.69, 9.17) is 11.6 Å². The van der Waals surface area contributed by atoms with Crippen molar-refractivity contribution >= 4 is 34.5 Å². The molecule has 0 atom stereocenters. The van der Waals surface area contributed by atoms with Gasteiger partial charge in [0.2, 0.25) is 4.80 Å². The summed E-state index contributed by atoms with van der Waals surface area (Å²) in [6.45, 7) is 0. The van der Waals surface area contributed by atoms with Gasteiger partial charge in [0.05, 0.1) is 5.69 Å². The number of hydrogen-bond donors (Lipinski definition) is 0. The Morgan fingerprint density at radius 3 is 2.76 bits per heavy atom. The van der Waals surface area contributed by atoms with E-state index in [1.165, 1.54) is 11.5 Å². The Kier molecular flexibility index (Phi) is 2.66. The SMILES string of the molecule is Clc1ccc(/N=c2\snc3ccccn23)cc1. The number of aromatic nitrogens is 2. The Balaban J connectivity index is 2.18. The molecule has 5 heteroatoms. The quantitative estimate of drug-likeness (QED) is 0.661. The summed E-state index contributed by atoms with van der Waals surface area (Å²) < 4.78 is 6.27. The van der Waals surface area contributed by atoms with E-state index in [0.717, 1.165) is 16.1 Å². The fourth-order valence-corrected chi connectivity index (χ4v) is 2.34. The molecular weight excluding hydrogens is 254 g/mol. The number of pyridine rings is 1. The molecule has 3 nitrogen and oxygen atoms in total. The zero-order valence-electron chi connectivity index (χ0n) is 8.75. The minimum atomic E-state index is 0.714. The van der Waals surface area contributed by atoms with Gasteiger partial charge in [0, 0.05) is 22.8 Å². The van der Waals surface area contributed by atoms with E-state index in [-0.39, 0.29) is 0 Å². The molecule has 1 aromatic carbocycles. The normalized spacial score (nSPS) is 12.2. The Hall–Kier alpha value is -1.65. The molecule has 0 aliphatic rings. The van der Waals surface area contributed by atoms with Crippen LogP contribution in [-0.2, 0) is 0 Å². The number of fused-ring (bicyclic) bond motifs is 1. The molecule has 2 heterocycles. The summed E-state index contributed by atoms with van der Waals surface area (Å²) in [6, 6.07) is 13.3. The van der Waals surface area contributed by atoms with Crippen LogP contribution in [0.25, 0.3) is 5.65 Å². The number of halogens is 1. The van der Waals surface area contributed by atoms with Crippen LogP contribution in [0.3, 0.4) is 0 Å². The molecule has 0 saturated carbocycles. The summed E-state index contributed by atoms with van der Waals surface area (Å²) in [5.74, 6) is 0. The lowest BCUT2D eigenvalue weighted by Crippen LogP contribution is -2.04. The molecule has 0 N–H and O–H groups in total. The zero-order chi connectivity index (χ0) is 11.7. The van der Waals surface area contributed by atoms with Crippen molar-refractivity contribution in [2.75, 3.05) is 0 Å². The van der Waals surface area contributed by atoms with Crippen molar-refractivity contribution in [1.82, 2.24) is 8.77 Å². The zero-order valence-corrected chi connectivity index (χ0v) is 10.3. The number of nitrogens with zero attached hydrogens (tertiary/aromatic N) is 3. The summed E-state index contributed by atoms with van der Waals surface area (Å²) in [6.07, 6.45) is 1.95. The van der Waals surface area contributed by atoms with Gasteiger partial charge in [0.25, 0.3) is 0 Å². The van der Waals surface area contributed by atoms with Crippen LogP contribution in [0.1, 0.15) is 0 Å². The summed E-state index contributed by atoms with van der Waals surface area (Å²) >= 11 is 7.21. The van der Waals surface area contributed by atoms with E-state index in [9.17, 15) is 0 Å². The van der Waals surface area contributed by atoms with Gasteiger partial charge >= 0.3 is 0 Å². The van der Waals surface area contributed by atoms with Crippen molar-refractivity contribution in [1.29, 1.82) is 0 Å². The summed E-state index contributed by atoms with van der Waals surface area (Å²) in [7, 11) is 0. The molecule has 0 radical (unpaired) electrons. The largest absolute Gasteiger partial charge is 0.275 e. The third-order valence-corrected chi connectivity index (χ3v) is 3.30. The summed E-state index contributed by atoms with van der Waals surface area (Å²) in [5.41, 5.74) is 1.78. The Morgan fingerprint density at radius 2 is 1.94 bits per heavy atom. The van der Waals surface area contributed by atoms with E-state index < -0.39 is 0 Å². The molecule has 0 aliphatic heterocycles. The maximum atomic E-state index is 5.83. The Labute approximate surface area is 107 Å². The molecule has 3 aromatic rings. The highest BCUT2D eigenvalue weighted by molar-refractivity contribution is 7.03. The van der Waals surface area contributed by atoms with Gasteiger partial charge in [-0.25, -0.2) is 4.99 Å². The first-order chi connectivity index (χ1) is 8.33. The second kappa shape index (κ2) is 4.31. The van der Waals surface area contributed by atoms with Crippen LogP contribution < -0.4 is 4.80 Å². The van der Waals surface area contributed by atoms with E-state index >= 15 is 0 Å². The molecule has 0 saturated heterocycles. The molecule has 3 rings (SSSR count). The Bertz CT molecular complexity index is 712. The fourth-order valence-electron chi connectivity index (χ4n) is 1.50. The number of rotatable bonds is 1.